The van der Waals surface area contributed by atoms with Crippen LogP contribution in [0.1, 0.15) is 58.1 Å². The molecule has 1 aliphatic carbocycles. The predicted octanol–water partition coefficient (Wildman–Crippen LogP) is 4.79. The summed E-state index contributed by atoms with van der Waals surface area (Å²) < 4.78 is 0. The maximum atomic E-state index is 2.29. The molecule has 80 valence electrons. The minimum Gasteiger partial charge on any atom is -0.0776 e. The minimum absolute atomic E-state index is 0. The topological polar surface area (TPSA) is 0 Å². The summed E-state index contributed by atoms with van der Waals surface area (Å²) in [5.41, 5.74) is 3.00. The monoisotopic (exact) mass is 192 g/mol. The Morgan fingerprint density at radius 3 is 1.93 bits per heavy atom. The van der Waals surface area contributed by atoms with Crippen LogP contribution in [0.3, 0.4) is 0 Å². The van der Waals surface area contributed by atoms with Gasteiger partial charge in [0.05, 0.1) is 0 Å². The fourth-order valence-electron chi connectivity index (χ4n) is 1.44. The van der Waals surface area contributed by atoms with Crippen LogP contribution in [0, 0.1) is 0 Å². The molecule has 1 fully saturated rings. The van der Waals surface area contributed by atoms with E-state index in [0.29, 0.717) is 0 Å². The average molecular weight is 192 g/mol. The third-order valence-corrected chi connectivity index (χ3v) is 2.44. The highest BCUT2D eigenvalue weighted by atomic mass is 14.3. The van der Waals surface area contributed by atoms with E-state index >= 15 is 0 Å². The van der Waals surface area contributed by atoms with Gasteiger partial charge in [-0.3, -0.25) is 0 Å². The highest BCUT2D eigenvalue weighted by Gasteiger charge is 2.22. The second-order valence-corrected chi connectivity index (χ2v) is 3.37. The Balaban J connectivity index is 0.000000531. The van der Waals surface area contributed by atoms with Crippen LogP contribution in [0.25, 0.3) is 0 Å². The quantitative estimate of drug-likeness (QED) is 0.632. The number of hydrogen-bond donors (Lipinski definition) is 0. The summed E-state index contributed by atoms with van der Waals surface area (Å²) in [5.74, 6) is 0.904. The first-order chi connectivity index (χ1) is 6.40. The molecule has 1 aromatic rings. The van der Waals surface area contributed by atoms with Gasteiger partial charge in [-0.15, -0.1) is 0 Å². The van der Waals surface area contributed by atoms with Gasteiger partial charge in [-0.1, -0.05) is 52.5 Å². The van der Waals surface area contributed by atoms with Crippen molar-refractivity contribution in [2.45, 2.75) is 53.4 Å². The van der Waals surface area contributed by atoms with Crippen molar-refractivity contribution in [3.63, 3.8) is 0 Å². The largest absolute Gasteiger partial charge is 0.0776 e. The molecule has 0 aromatic heterocycles. The van der Waals surface area contributed by atoms with Crippen molar-refractivity contribution in [1.29, 1.82) is 0 Å². The lowest BCUT2D eigenvalue weighted by atomic mass is 10.1. The van der Waals surface area contributed by atoms with E-state index in [1.54, 1.807) is 5.56 Å². The Morgan fingerprint density at radius 2 is 1.57 bits per heavy atom. The third kappa shape index (κ3) is 3.53. The summed E-state index contributed by atoms with van der Waals surface area (Å²) in [6.07, 6.45) is 3.97. The van der Waals surface area contributed by atoms with Crippen LogP contribution in [0.15, 0.2) is 24.3 Å². The first-order valence-corrected chi connectivity index (χ1v) is 5.49. The molecule has 0 spiro atoms. The molecule has 0 N–H and O–H groups in total. The highest BCUT2D eigenvalue weighted by molar-refractivity contribution is 5.27. The minimum atomic E-state index is 0. The molecular weight excluding hydrogens is 168 g/mol. The molecule has 0 amide bonds. The van der Waals surface area contributed by atoms with Crippen molar-refractivity contribution in [1.82, 2.24) is 0 Å². The van der Waals surface area contributed by atoms with Crippen LogP contribution >= 0.6 is 0 Å². The standard InChI is InChI=1S/C11H14.C2H6.CH4/c1-2-9-3-5-10(6-4-9)11-7-8-11;1-2;/h3-6,11H,2,7-8H2,1H3;1-2H3;1H4. The molecule has 1 aromatic carbocycles. The lowest BCUT2D eigenvalue weighted by molar-refractivity contribution is 1.09. The Morgan fingerprint density at radius 1 is 1.07 bits per heavy atom. The van der Waals surface area contributed by atoms with Gasteiger partial charge in [0.15, 0.2) is 0 Å². The number of hydrogen-bond acceptors (Lipinski definition) is 0. The molecule has 0 aliphatic heterocycles. The van der Waals surface area contributed by atoms with Gasteiger partial charge in [0.25, 0.3) is 0 Å². The van der Waals surface area contributed by atoms with E-state index < -0.39 is 0 Å². The van der Waals surface area contributed by atoms with Gasteiger partial charge in [-0.25, -0.2) is 0 Å². The smallest absolute Gasteiger partial charge is 0.0162 e. The molecule has 0 heteroatoms. The van der Waals surface area contributed by atoms with E-state index in [2.05, 4.69) is 31.2 Å². The van der Waals surface area contributed by atoms with Crippen molar-refractivity contribution in [3.8, 4) is 0 Å². The van der Waals surface area contributed by atoms with Crippen LogP contribution in [0.2, 0.25) is 0 Å². The fourth-order valence-corrected chi connectivity index (χ4v) is 1.44. The molecule has 0 atom stereocenters. The zero-order valence-electron chi connectivity index (χ0n) is 9.01. The van der Waals surface area contributed by atoms with E-state index in [1.807, 2.05) is 13.8 Å². The fraction of sp³-hybridized carbons (Fsp3) is 0.571. The second-order valence-electron chi connectivity index (χ2n) is 3.37. The van der Waals surface area contributed by atoms with Gasteiger partial charge < -0.3 is 0 Å². The lowest BCUT2D eigenvalue weighted by Crippen LogP contribution is -1.81. The lowest BCUT2D eigenvalue weighted by Gasteiger charge is -1.98. The zero-order valence-corrected chi connectivity index (χ0v) is 9.01. The van der Waals surface area contributed by atoms with E-state index in [9.17, 15) is 0 Å². The number of benzene rings is 1. The Hall–Kier alpha value is -0.780. The molecule has 1 aliphatic rings. The average Bonchev–Trinajstić information content (AvgIpc) is 3.05. The first kappa shape index (κ1) is 13.2. The summed E-state index contributed by atoms with van der Waals surface area (Å²) in [4.78, 5) is 0. The number of aryl methyl sites for hydroxylation is 1. The Bertz CT molecular complexity index is 229. The first-order valence-electron chi connectivity index (χ1n) is 5.49. The van der Waals surface area contributed by atoms with Gasteiger partial charge >= 0.3 is 0 Å². The molecule has 0 heterocycles. The summed E-state index contributed by atoms with van der Waals surface area (Å²) in [7, 11) is 0. The Kier molecular flexibility index (Phi) is 6.27. The molecule has 2 rings (SSSR count). The van der Waals surface area contributed by atoms with Crippen molar-refractivity contribution < 1.29 is 0 Å². The highest BCUT2D eigenvalue weighted by Crippen LogP contribution is 2.39. The van der Waals surface area contributed by atoms with Gasteiger partial charge in [0, 0.05) is 0 Å². The molecule has 0 unspecified atom stereocenters. The maximum absolute atomic E-state index is 2.29. The summed E-state index contributed by atoms with van der Waals surface area (Å²) in [6.45, 7) is 6.20. The van der Waals surface area contributed by atoms with Crippen LogP contribution in [-0.4, -0.2) is 0 Å². The second kappa shape index (κ2) is 6.64. The van der Waals surface area contributed by atoms with Crippen molar-refractivity contribution >= 4 is 0 Å². The molecule has 0 bridgehead atoms. The van der Waals surface area contributed by atoms with Crippen LogP contribution < -0.4 is 0 Å². The molecule has 14 heavy (non-hydrogen) atoms. The molecule has 0 nitrogen and oxygen atoms in total. The van der Waals surface area contributed by atoms with Crippen molar-refractivity contribution in [2.75, 3.05) is 0 Å². The maximum Gasteiger partial charge on any atom is -0.0162 e. The molecular formula is C14H24. The number of rotatable bonds is 2. The van der Waals surface area contributed by atoms with E-state index in [-0.39, 0.29) is 7.43 Å². The SMILES string of the molecule is C.CC.CCc1ccc(C2CC2)cc1. The normalized spacial score (nSPS) is 13.6. The molecule has 0 radical (unpaired) electrons. The van der Waals surface area contributed by atoms with E-state index in [0.717, 1.165) is 12.3 Å². The summed E-state index contributed by atoms with van der Waals surface area (Å²) in [5, 5.41) is 0. The third-order valence-electron chi connectivity index (χ3n) is 2.44. The van der Waals surface area contributed by atoms with Gasteiger partial charge in [0.1, 0.15) is 0 Å². The predicted molar refractivity (Wildman–Crippen MR) is 65.9 cm³/mol. The summed E-state index contributed by atoms with van der Waals surface area (Å²) >= 11 is 0. The molecule has 1 saturated carbocycles. The molecule has 0 saturated heterocycles. The van der Waals surface area contributed by atoms with Crippen LogP contribution in [-0.2, 0) is 6.42 Å². The van der Waals surface area contributed by atoms with Crippen LogP contribution in [0.4, 0.5) is 0 Å². The van der Waals surface area contributed by atoms with E-state index in [1.165, 1.54) is 18.4 Å². The van der Waals surface area contributed by atoms with Gasteiger partial charge in [-0.2, -0.15) is 0 Å². The van der Waals surface area contributed by atoms with Gasteiger partial charge in [0.2, 0.25) is 0 Å². The summed E-state index contributed by atoms with van der Waals surface area (Å²) in [6, 6.07) is 9.09. The zero-order chi connectivity index (χ0) is 9.68. The van der Waals surface area contributed by atoms with Gasteiger partial charge in [-0.05, 0) is 36.3 Å². The Labute approximate surface area is 89.4 Å². The van der Waals surface area contributed by atoms with Crippen LogP contribution in [0.5, 0.6) is 0 Å². The van der Waals surface area contributed by atoms with Crippen molar-refractivity contribution in [3.05, 3.63) is 35.4 Å². The van der Waals surface area contributed by atoms with Crippen molar-refractivity contribution in [2.24, 2.45) is 0 Å². The van der Waals surface area contributed by atoms with E-state index in [4.69, 9.17) is 0 Å².